The summed E-state index contributed by atoms with van der Waals surface area (Å²) in [7, 11) is 0. The first-order valence-corrected chi connectivity index (χ1v) is 2.71. The Hall–Kier alpha value is -0.790. The lowest BCUT2D eigenvalue weighted by Gasteiger charge is -1.81. The van der Waals surface area contributed by atoms with Crippen LogP contribution in [0.5, 0.6) is 0 Å². The van der Waals surface area contributed by atoms with Crippen molar-refractivity contribution in [2.45, 2.75) is 20.3 Å². The van der Waals surface area contributed by atoms with E-state index in [1.54, 1.807) is 6.20 Å². The maximum absolute atomic E-state index is 5.28. The number of rotatable bonds is 2. The van der Waals surface area contributed by atoms with Crippen LogP contribution in [0.3, 0.4) is 0 Å². The summed E-state index contributed by atoms with van der Waals surface area (Å²) in [4.78, 5) is 3.88. The first kappa shape index (κ1) is 7.21. The molecular weight excluding hydrogens is 100 g/mol. The average Bonchev–Trinajstić information content (AvgIpc) is 1.66. The highest BCUT2D eigenvalue weighted by Gasteiger charge is 1.68. The van der Waals surface area contributed by atoms with E-state index in [1.165, 1.54) is 0 Å². The Morgan fingerprint density at radius 2 is 2.38 bits per heavy atom. The van der Waals surface area contributed by atoms with Gasteiger partial charge in [-0.25, -0.2) is 0 Å². The van der Waals surface area contributed by atoms with Crippen molar-refractivity contribution in [3.8, 4) is 0 Å². The fraction of sp³-hybridized carbons (Fsp3) is 0.500. The molecule has 0 rings (SSSR count). The molecule has 0 aliphatic heterocycles. The van der Waals surface area contributed by atoms with Crippen LogP contribution in [0.1, 0.15) is 20.3 Å². The Balaban J connectivity index is 3.42. The molecule has 0 saturated heterocycles. The minimum atomic E-state index is 0.745. The van der Waals surface area contributed by atoms with Crippen LogP contribution in [0, 0.1) is 0 Å². The normalized spacial score (nSPS) is 13.0. The number of hydrogen-bond acceptors (Lipinski definition) is 2. The van der Waals surface area contributed by atoms with Gasteiger partial charge in [0.1, 0.15) is 0 Å². The number of hydrogen-bond donors (Lipinski definition) is 1. The largest absolute Gasteiger partial charge is 0.401 e. The number of nitrogens with zero attached hydrogens (tertiary/aromatic N) is 1. The van der Waals surface area contributed by atoms with Gasteiger partial charge >= 0.3 is 0 Å². The molecule has 46 valence electrons. The lowest BCUT2D eigenvalue weighted by atomic mass is 10.5. The van der Waals surface area contributed by atoms with E-state index in [1.807, 2.05) is 20.1 Å². The van der Waals surface area contributed by atoms with Crippen molar-refractivity contribution >= 4 is 6.21 Å². The van der Waals surface area contributed by atoms with Crippen molar-refractivity contribution in [2.75, 3.05) is 0 Å². The summed E-state index contributed by atoms with van der Waals surface area (Å²) in [6.45, 7) is 3.84. The fourth-order valence-electron chi connectivity index (χ4n) is 0.276. The van der Waals surface area contributed by atoms with Gasteiger partial charge in [0.15, 0.2) is 0 Å². The summed E-state index contributed by atoms with van der Waals surface area (Å²) in [5.74, 6) is 0. The third-order valence-electron chi connectivity index (χ3n) is 0.566. The number of aliphatic imine (C=N–C) groups is 1. The average molecular weight is 112 g/mol. The molecule has 0 saturated carbocycles. The lowest BCUT2D eigenvalue weighted by Crippen LogP contribution is -1.87. The third-order valence-corrected chi connectivity index (χ3v) is 0.566. The molecule has 0 bridgehead atoms. The van der Waals surface area contributed by atoms with Crippen LogP contribution in [0.2, 0.25) is 0 Å². The molecule has 2 nitrogen and oxygen atoms in total. The van der Waals surface area contributed by atoms with E-state index in [0.717, 1.165) is 12.1 Å². The van der Waals surface area contributed by atoms with Crippen LogP contribution in [0.4, 0.5) is 0 Å². The third kappa shape index (κ3) is 5.21. The molecule has 0 aromatic carbocycles. The predicted octanol–water partition coefficient (Wildman–Crippen LogP) is 1.29. The van der Waals surface area contributed by atoms with E-state index < -0.39 is 0 Å². The number of allylic oxidation sites excluding steroid dienone is 1. The van der Waals surface area contributed by atoms with E-state index in [2.05, 4.69) is 4.99 Å². The van der Waals surface area contributed by atoms with Crippen LogP contribution in [0.15, 0.2) is 16.9 Å². The summed E-state index contributed by atoms with van der Waals surface area (Å²) in [6.07, 6.45) is 4.42. The Morgan fingerprint density at radius 3 is 2.75 bits per heavy atom. The molecule has 0 heterocycles. The quantitative estimate of drug-likeness (QED) is 0.537. The minimum absolute atomic E-state index is 0.745. The van der Waals surface area contributed by atoms with Gasteiger partial charge in [0.25, 0.3) is 0 Å². The van der Waals surface area contributed by atoms with E-state index in [-0.39, 0.29) is 0 Å². The van der Waals surface area contributed by atoms with Gasteiger partial charge in [-0.2, -0.15) is 0 Å². The van der Waals surface area contributed by atoms with Gasteiger partial charge in [-0.05, 0) is 13.3 Å². The van der Waals surface area contributed by atoms with E-state index in [4.69, 9.17) is 5.73 Å². The summed E-state index contributed by atoms with van der Waals surface area (Å²) >= 11 is 0. The Labute approximate surface area is 50.1 Å². The molecule has 0 aromatic heterocycles. The maximum Gasteiger partial charge on any atom is 0.0448 e. The lowest BCUT2D eigenvalue weighted by molar-refractivity contribution is 1.26. The SMILES string of the molecule is CC/C=N\C=C(\C)N. The zero-order valence-electron chi connectivity index (χ0n) is 5.39. The summed E-state index contributed by atoms with van der Waals surface area (Å²) < 4.78 is 0. The van der Waals surface area contributed by atoms with E-state index in [0.29, 0.717) is 0 Å². The summed E-state index contributed by atoms with van der Waals surface area (Å²) in [5.41, 5.74) is 6.03. The first-order chi connectivity index (χ1) is 3.77. The predicted molar refractivity (Wildman–Crippen MR) is 36.7 cm³/mol. The Kier molecular flexibility index (Phi) is 3.94. The molecule has 0 aromatic rings. The summed E-state index contributed by atoms with van der Waals surface area (Å²) in [6, 6.07) is 0. The monoisotopic (exact) mass is 112 g/mol. The Bertz CT molecular complexity index is 99.1. The van der Waals surface area contributed by atoms with Gasteiger partial charge in [0.2, 0.25) is 0 Å². The number of nitrogens with two attached hydrogens (primary N) is 1. The molecule has 0 aliphatic rings. The maximum atomic E-state index is 5.28. The van der Waals surface area contributed by atoms with Gasteiger partial charge in [-0.15, -0.1) is 0 Å². The second-order valence-corrected chi connectivity index (χ2v) is 1.61. The smallest absolute Gasteiger partial charge is 0.0448 e. The standard InChI is InChI=1S/C6H12N2/c1-3-4-8-5-6(2)7/h4-5H,3,7H2,1-2H3/b6-5-,8-4-. The molecule has 2 N–H and O–H groups in total. The van der Waals surface area contributed by atoms with Crippen molar-refractivity contribution in [1.29, 1.82) is 0 Å². The van der Waals surface area contributed by atoms with Crippen molar-refractivity contribution in [2.24, 2.45) is 10.7 Å². The minimum Gasteiger partial charge on any atom is -0.401 e. The van der Waals surface area contributed by atoms with Crippen molar-refractivity contribution < 1.29 is 0 Å². The molecule has 0 atom stereocenters. The highest BCUT2D eigenvalue weighted by Crippen LogP contribution is 1.79. The van der Waals surface area contributed by atoms with E-state index in [9.17, 15) is 0 Å². The van der Waals surface area contributed by atoms with Gasteiger partial charge < -0.3 is 5.73 Å². The van der Waals surface area contributed by atoms with Crippen LogP contribution >= 0.6 is 0 Å². The zero-order valence-corrected chi connectivity index (χ0v) is 5.39. The molecule has 0 fully saturated rings. The fourth-order valence-corrected chi connectivity index (χ4v) is 0.276. The molecule has 0 amide bonds. The molecule has 0 spiro atoms. The van der Waals surface area contributed by atoms with Crippen molar-refractivity contribution in [1.82, 2.24) is 0 Å². The zero-order chi connectivity index (χ0) is 6.41. The Morgan fingerprint density at radius 1 is 1.75 bits per heavy atom. The van der Waals surface area contributed by atoms with Crippen molar-refractivity contribution in [3.05, 3.63) is 11.9 Å². The summed E-state index contributed by atoms with van der Waals surface area (Å²) in [5, 5.41) is 0. The molecule has 8 heavy (non-hydrogen) atoms. The molecule has 0 aliphatic carbocycles. The van der Waals surface area contributed by atoms with E-state index >= 15 is 0 Å². The topological polar surface area (TPSA) is 38.4 Å². The van der Waals surface area contributed by atoms with Gasteiger partial charge in [-0.1, -0.05) is 6.92 Å². The van der Waals surface area contributed by atoms with Gasteiger partial charge in [-0.3, -0.25) is 4.99 Å². The molecular formula is C6H12N2. The highest BCUT2D eigenvalue weighted by molar-refractivity contribution is 5.57. The molecule has 0 radical (unpaired) electrons. The van der Waals surface area contributed by atoms with Crippen molar-refractivity contribution in [3.63, 3.8) is 0 Å². The molecule has 2 heteroatoms. The first-order valence-electron chi connectivity index (χ1n) is 2.71. The molecule has 0 unspecified atom stereocenters. The second-order valence-electron chi connectivity index (χ2n) is 1.61. The van der Waals surface area contributed by atoms with Crippen LogP contribution < -0.4 is 5.73 Å². The van der Waals surface area contributed by atoms with Gasteiger partial charge in [0, 0.05) is 18.1 Å². The van der Waals surface area contributed by atoms with Crippen LogP contribution in [0.25, 0.3) is 0 Å². The van der Waals surface area contributed by atoms with Gasteiger partial charge in [0.05, 0.1) is 0 Å². The highest BCUT2D eigenvalue weighted by atomic mass is 14.7. The van der Waals surface area contributed by atoms with Crippen LogP contribution in [-0.2, 0) is 0 Å². The second kappa shape index (κ2) is 4.37. The van der Waals surface area contributed by atoms with Crippen LogP contribution in [-0.4, -0.2) is 6.21 Å².